The van der Waals surface area contributed by atoms with Crippen molar-refractivity contribution < 1.29 is 8.78 Å². The van der Waals surface area contributed by atoms with E-state index in [1.807, 2.05) is 13.0 Å². The number of aryl methyl sites for hydroxylation is 1. The maximum Gasteiger partial charge on any atom is 0.248 e. The minimum Gasteiger partial charge on any atom is -0.324 e. The van der Waals surface area contributed by atoms with Gasteiger partial charge in [0, 0.05) is 31.3 Å². The summed E-state index contributed by atoms with van der Waals surface area (Å²) < 4.78 is 26.2. The minimum atomic E-state index is -2.47. The van der Waals surface area contributed by atoms with Crippen molar-refractivity contribution in [2.45, 2.75) is 44.6 Å². The summed E-state index contributed by atoms with van der Waals surface area (Å²) in [6, 6.07) is 1.73. The van der Waals surface area contributed by atoms with Crippen molar-refractivity contribution in [2.75, 3.05) is 0 Å². The summed E-state index contributed by atoms with van der Waals surface area (Å²) in [7, 11) is 0. The highest BCUT2D eigenvalue weighted by Crippen LogP contribution is 2.42. The third kappa shape index (κ3) is 3.00. The molecule has 1 aromatic rings. The summed E-state index contributed by atoms with van der Waals surface area (Å²) in [5.41, 5.74) is 8.15. The number of nitrogens with two attached hydrogens (primary N) is 1. The second kappa shape index (κ2) is 4.69. The maximum absolute atomic E-state index is 13.1. The fraction of sp³-hybridized carbons (Fsp3) is 0.615. The standard InChI is InChI=1S/C13H18F2N2/c1-9-8-17-5-3-11(9)12(16)6-10-2-4-13(14,15)7-10/h3,5,8,10,12H,2,4,6-7,16H2,1H3. The van der Waals surface area contributed by atoms with Crippen LogP contribution in [0.3, 0.4) is 0 Å². The highest BCUT2D eigenvalue weighted by molar-refractivity contribution is 5.25. The van der Waals surface area contributed by atoms with Crippen LogP contribution in [0.2, 0.25) is 0 Å². The van der Waals surface area contributed by atoms with Crippen molar-refractivity contribution in [3.05, 3.63) is 29.6 Å². The Hall–Kier alpha value is -1.03. The Kier molecular flexibility index (Phi) is 3.43. The molecule has 1 saturated carbocycles. The quantitative estimate of drug-likeness (QED) is 0.881. The zero-order chi connectivity index (χ0) is 12.5. The van der Waals surface area contributed by atoms with E-state index in [-0.39, 0.29) is 24.8 Å². The third-order valence-electron chi connectivity index (χ3n) is 3.56. The molecule has 0 bridgehead atoms. The molecule has 2 rings (SSSR count). The van der Waals surface area contributed by atoms with E-state index in [4.69, 9.17) is 5.73 Å². The molecule has 0 radical (unpaired) electrons. The van der Waals surface area contributed by atoms with Crippen LogP contribution in [0.1, 0.15) is 42.9 Å². The van der Waals surface area contributed by atoms with Crippen LogP contribution < -0.4 is 5.73 Å². The molecular weight excluding hydrogens is 222 g/mol. The molecule has 4 heteroatoms. The topological polar surface area (TPSA) is 38.9 Å². The van der Waals surface area contributed by atoms with Crippen LogP contribution >= 0.6 is 0 Å². The molecule has 2 unspecified atom stereocenters. The van der Waals surface area contributed by atoms with Crippen LogP contribution in [0.5, 0.6) is 0 Å². The summed E-state index contributed by atoms with van der Waals surface area (Å²) in [5, 5.41) is 0. The molecule has 94 valence electrons. The third-order valence-corrected chi connectivity index (χ3v) is 3.56. The molecule has 0 aliphatic heterocycles. The SMILES string of the molecule is Cc1cnccc1C(N)CC1CCC(F)(F)C1. The summed E-state index contributed by atoms with van der Waals surface area (Å²) in [5.74, 6) is -2.43. The van der Waals surface area contributed by atoms with Gasteiger partial charge in [-0.1, -0.05) is 0 Å². The van der Waals surface area contributed by atoms with E-state index in [9.17, 15) is 8.78 Å². The van der Waals surface area contributed by atoms with Crippen molar-refractivity contribution in [2.24, 2.45) is 11.7 Å². The van der Waals surface area contributed by atoms with Crippen LogP contribution in [0.25, 0.3) is 0 Å². The second-order valence-corrected chi connectivity index (χ2v) is 5.04. The van der Waals surface area contributed by atoms with Crippen LogP contribution in [-0.4, -0.2) is 10.9 Å². The van der Waals surface area contributed by atoms with Gasteiger partial charge in [-0.2, -0.15) is 0 Å². The van der Waals surface area contributed by atoms with Gasteiger partial charge in [0.1, 0.15) is 0 Å². The Morgan fingerprint density at radius 1 is 1.59 bits per heavy atom. The minimum absolute atomic E-state index is 0.00910. The van der Waals surface area contributed by atoms with Gasteiger partial charge < -0.3 is 5.73 Å². The van der Waals surface area contributed by atoms with Gasteiger partial charge in [0.2, 0.25) is 5.92 Å². The van der Waals surface area contributed by atoms with Gasteiger partial charge in [-0.05, 0) is 42.9 Å². The fourth-order valence-corrected chi connectivity index (χ4v) is 2.63. The summed E-state index contributed by atoms with van der Waals surface area (Å²) >= 11 is 0. The Balaban J connectivity index is 1.99. The Bertz CT molecular complexity index is 393. The van der Waals surface area contributed by atoms with E-state index in [2.05, 4.69) is 4.98 Å². The Morgan fingerprint density at radius 2 is 2.35 bits per heavy atom. The first-order valence-corrected chi connectivity index (χ1v) is 6.02. The first kappa shape index (κ1) is 12.4. The van der Waals surface area contributed by atoms with Gasteiger partial charge in [0.25, 0.3) is 0 Å². The van der Waals surface area contributed by atoms with E-state index in [0.717, 1.165) is 11.1 Å². The van der Waals surface area contributed by atoms with Crippen molar-refractivity contribution in [3.63, 3.8) is 0 Å². The molecule has 0 aromatic carbocycles. The molecule has 1 fully saturated rings. The molecule has 0 saturated heterocycles. The fourth-order valence-electron chi connectivity index (χ4n) is 2.63. The molecule has 2 nitrogen and oxygen atoms in total. The molecule has 2 atom stereocenters. The lowest BCUT2D eigenvalue weighted by atomic mass is 9.93. The van der Waals surface area contributed by atoms with Crippen LogP contribution in [-0.2, 0) is 0 Å². The molecule has 1 aliphatic carbocycles. The van der Waals surface area contributed by atoms with E-state index >= 15 is 0 Å². The van der Waals surface area contributed by atoms with Gasteiger partial charge in [-0.3, -0.25) is 4.98 Å². The van der Waals surface area contributed by atoms with E-state index in [0.29, 0.717) is 12.8 Å². The first-order valence-electron chi connectivity index (χ1n) is 6.02. The molecule has 1 heterocycles. The largest absolute Gasteiger partial charge is 0.324 e. The van der Waals surface area contributed by atoms with Gasteiger partial charge in [0.05, 0.1) is 0 Å². The molecule has 2 N–H and O–H groups in total. The van der Waals surface area contributed by atoms with Crippen molar-refractivity contribution in [1.29, 1.82) is 0 Å². The van der Waals surface area contributed by atoms with Crippen molar-refractivity contribution >= 4 is 0 Å². The molecule has 1 aromatic heterocycles. The number of rotatable bonds is 3. The molecule has 0 amide bonds. The molecule has 17 heavy (non-hydrogen) atoms. The van der Waals surface area contributed by atoms with Crippen molar-refractivity contribution in [1.82, 2.24) is 4.98 Å². The van der Waals surface area contributed by atoms with Crippen LogP contribution in [0, 0.1) is 12.8 Å². The predicted octanol–water partition coefficient (Wildman–Crippen LogP) is 3.22. The average Bonchev–Trinajstić information content (AvgIpc) is 2.58. The number of pyridine rings is 1. The first-order chi connectivity index (χ1) is 7.98. The lowest BCUT2D eigenvalue weighted by Crippen LogP contribution is -2.17. The van der Waals surface area contributed by atoms with Gasteiger partial charge in [0.15, 0.2) is 0 Å². The van der Waals surface area contributed by atoms with Crippen molar-refractivity contribution in [3.8, 4) is 0 Å². The monoisotopic (exact) mass is 240 g/mol. The Labute approximate surface area is 100 Å². The summed E-state index contributed by atoms with van der Waals surface area (Å²) in [6.45, 7) is 1.95. The molecule has 0 spiro atoms. The summed E-state index contributed by atoms with van der Waals surface area (Å²) in [4.78, 5) is 4.01. The second-order valence-electron chi connectivity index (χ2n) is 5.04. The van der Waals surface area contributed by atoms with Gasteiger partial charge >= 0.3 is 0 Å². The summed E-state index contributed by atoms with van der Waals surface area (Å²) in [6.07, 6.45) is 4.69. The molecular formula is C13H18F2N2. The smallest absolute Gasteiger partial charge is 0.248 e. The zero-order valence-electron chi connectivity index (χ0n) is 10.00. The van der Waals surface area contributed by atoms with Gasteiger partial charge in [-0.25, -0.2) is 8.78 Å². The number of hydrogen-bond acceptors (Lipinski definition) is 2. The van der Waals surface area contributed by atoms with Crippen LogP contribution in [0.15, 0.2) is 18.5 Å². The highest BCUT2D eigenvalue weighted by Gasteiger charge is 2.39. The number of alkyl halides is 2. The number of aromatic nitrogens is 1. The van der Waals surface area contributed by atoms with E-state index < -0.39 is 5.92 Å². The Morgan fingerprint density at radius 3 is 2.94 bits per heavy atom. The molecule has 1 aliphatic rings. The average molecular weight is 240 g/mol. The maximum atomic E-state index is 13.1. The van der Waals surface area contributed by atoms with Crippen LogP contribution in [0.4, 0.5) is 8.78 Å². The number of halogens is 2. The number of hydrogen-bond donors (Lipinski definition) is 1. The lowest BCUT2D eigenvalue weighted by Gasteiger charge is -2.18. The lowest BCUT2D eigenvalue weighted by molar-refractivity contribution is 0.00446. The number of nitrogens with zero attached hydrogens (tertiary/aromatic N) is 1. The highest BCUT2D eigenvalue weighted by atomic mass is 19.3. The van der Waals surface area contributed by atoms with E-state index in [1.54, 1.807) is 12.4 Å². The predicted molar refractivity (Wildman–Crippen MR) is 62.8 cm³/mol. The normalized spacial score (nSPS) is 24.8. The van der Waals surface area contributed by atoms with Gasteiger partial charge in [-0.15, -0.1) is 0 Å². The zero-order valence-corrected chi connectivity index (χ0v) is 10.00. The van der Waals surface area contributed by atoms with E-state index in [1.165, 1.54) is 0 Å².